The van der Waals surface area contributed by atoms with Gasteiger partial charge in [0.1, 0.15) is 0 Å². The fourth-order valence-electron chi connectivity index (χ4n) is 2.63. The first kappa shape index (κ1) is 18.2. The molecule has 1 aromatic rings. The van der Waals surface area contributed by atoms with Crippen molar-refractivity contribution in [2.24, 2.45) is 5.73 Å². The van der Waals surface area contributed by atoms with E-state index in [4.69, 9.17) is 17.3 Å². The molecule has 2 atom stereocenters. The third kappa shape index (κ3) is 4.33. The summed E-state index contributed by atoms with van der Waals surface area (Å²) in [6, 6.07) is 7.78. The standard InChI is InChI=1S/C15H22ClN3O.ClH/c1-11(17)15(20)19-9-7-18(8-10-19)12(2)13-5-3-4-6-14(13)16;/h3-6,11-12H,7-10,17H2,1-2H3;1H. The Morgan fingerprint density at radius 1 is 1.19 bits per heavy atom. The van der Waals surface area contributed by atoms with E-state index in [0.29, 0.717) is 0 Å². The monoisotopic (exact) mass is 331 g/mol. The lowest BCUT2D eigenvalue weighted by Crippen LogP contribution is -2.52. The van der Waals surface area contributed by atoms with Crippen LogP contribution in [0.4, 0.5) is 0 Å². The van der Waals surface area contributed by atoms with Crippen LogP contribution in [0.2, 0.25) is 5.02 Å². The Bertz CT molecular complexity index is 474. The average molecular weight is 332 g/mol. The minimum atomic E-state index is -0.414. The maximum Gasteiger partial charge on any atom is 0.239 e. The molecule has 0 aromatic heterocycles. The molecule has 0 spiro atoms. The minimum Gasteiger partial charge on any atom is -0.339 e. The van der Waals surface area contributed by atoms with Crippen LogP contribution in [0.15, 0.2) is 24.3 Å². The van der Waals surface area contributed by atoms with Crippen LogP contribution in [0.5, 0.6) is 0 Å². The van der Waals surface area contributed by atoms with Crippen LogP contribution in [0.25, 0.3) is 0 Å². The number of carbonyl (C=O) groups excluding carboxylic acids is 1. The Labute approximate surface area is 137 Å². The zero-order valence-electron chi connectivity index (χ0n) is 12.5. The number of piperazine rings is 1. The van der Waals surface area contributed by atoms with E-state index in [1.165, 1.54) is 0 Å². The summed E-state index contributed by atoms with van der Waals surface area (Å²) in [7, 11) is 0. The Kier molecular flexibility index (Phi) is 6.94. The maximum atomic E-state index is 11.9. The molecule has 2 rings (SSSR count). The molecular formula is C15H23Cl2N3O. The normalized spacial score (nSPS) is 18.8. The van der Waals surface area contributed by atoms with Crippen LogP contribution in [0.1, 0.15) is 25.5 Å². The zero-order valence-corrected chi connectivity index (χ0v) is 14.0. The summed E-state index contributed by atoms with van der Waals surface area (Å²) in [4.78, 5) is 16.1. The second-order valence-corrected chi connectivity index (χ2v) is 5.75. The first-order chi connectivity index (χ1) is 9.50. The van der Waals surface area contributed by atoms with Gasteiger partial charge in [0.2, 0.25) is 5.91 Å². The summed E-state index contributed by atoms with van der Waals surface area (Å²) in [5.41, 5.74) is 6.79. The van der Waals surface area contributed by atoms with E-state index in [0.717, 1.165) is 36.8 Å². The number of hydrogen-bond acceptors (Lipinski definition) is 3. The van der Waals surface area contributed by atoms with E-state index in [9.17, 15) is 4.79 Å². The first-order valence-electron chi connectivity index (χ1n) is 7.03. The quantitative estimate of drug-likeness (QED) is 0.924. The molecule has 21 heavy (non-hydrogen) atoms. The van der Waals surface area contributed by atoms with Gasteiger partial charge in [0, 0.05) is 37.2 Å². The summed E-state index contributed by atoms with van der Waals surface area (Å²) >= 11 is 6.25. The van der Waals surface area contributed by atoms with E-state index >= 15 is 0 Å². The lowest BCUT2D eigenvalue weighted by Gasteiger charge is -2.39. The van der Waals surface area contributed by atoms with Gasteiger partial charge in [-0.3, -0.25) is 9.69 Å². The van der Waals surface area contributed by atoms with Crippen LogP contribution < -0.4 is 5.73 Å². The number of hydrogen-bond donors (Lipinski definition) is 1. The zero-order chi connectivity index (χ0) is 14.7. The topological polar surface area (TPSA) is 49.6 Å². The van der Waals surface area contributed by atoms with Gasteiger partial charge in [-0.1, -0.05) is 29.8 Å². The number of nitrogens with two attached hydrogens (primary N) is 1. The molecule has 1 fully saturated rings. The second-order valence-electron chi connectivity index (χ2n) is 5.35. The number of nitrogens with zero attached hydrogens (tertiary/aromatic N) is 2. The Balaban J connectivity index is 0.00000220. The van der Waals surface area contributed by atoms with E-state index in [2.05, 4.69) is 17.9 Å². The number of halogens is 2. The molecule has 1 heterocycles. The Morgan fingerprint density at radius 3 is 2.29 bits per heavy atom. The van der Waals surface area contributed by atoms with Crippen LogP contribution in [-0.4, -0.2) is 47.9 Å². The number of benzene rings is 1. The molecule has 0 radical (unpaired) electrons. The maximum absolute atomic E-state index is 11.9. The first-order valence-corrected chi connectivity index (χ1v) is 7.41. The Hall–Kier alpha value is -0.810. The minimum absolute atomic E-state index is 0. The van der Waals surface area contributed by atoms with Crippen molar-refractivity contribution < 1.29 is 4.79 Å². The lowest BCUT2D eigenvalue weighted by molar-refractivity contribution is -0.134. The van der Waals surface area contributed by atoms with E-state index in [-0.39, 0.29) is 24.4 Å². The van der Waals surface area contributed by atoms with Gasteiger partial charge < -0.3 is 10.6 Å². The van der Waals surface area contributed by atoms with Gasteiger partial charge in [-0.25, -0.2) is 0 Å². The Morgan fingerprint density at radius 2 is 1.76 bits per heavy atom. The molecule has 0 saturated carbocycles. The van der Waals surface area contributed by atoms with Crippen molar-refractivity contribution >= 4 is 29.9 Å². The van der Waals surface area contributed by atoms with E-state index in [1.807, 2.05) is 23.1 Å². The van der Waals surface area contributed by atoms with Crippen LogP contribution >= 0.6 is 24.0 Å². The fourth-order valence-corrected chi connectivity index (χ4v) is 2.92. The second kappa shape index (κ2) is 7.99. The van der Waals surface area contributed by atoms with Gasteiger partial charge in [-0.2, -0.15) is 0 Å². The number of amides is 1. The highest BCUT2D eigenvalue weighted by Gasteiger charge is 2.26. The summed E-state index contributed by atoms with van der Waals surface area (Å²) in [6.45, 7) is 7.06. The van der Waals surface area contributed by atoms with Crippen molar-refractivity contribution in [2.75, 3.05) is 26.2 Å². The molecule has 6 heteroatoms. The average Bonchev–Trinajstić information content (AvgIpc) is 2.46. The van der Waals surface area contributed by atoms with Crippen molar-refractivity contribution in [3.05, 3.63) is 34.9 Å². The summed E-state index contributed by atoms with van der Waals surface area (Å²) in [5, 5.41) is 0.800. The van der Waals surface area contributed by atoms with Gasteiger partial charge in [0.25, 0.3) is 0 Å². The van der Waals surface area contributed by atoms with Crippen molar-refractivity contribution in [1.82, 2.24) is 9.80 Å². The molecule has 1 saturated heterocycles. The highest BCUT2D eigenvalue weighted by atomic mass is 35.5. The highest BCUT2D eigenvalue weighted by molar-refractivity contribution is 6.31. The van der Waals surface area contributed by atoms with Crippen molar-refractivity contribution in [1.29, 1.82) is 0 Å². The summed E-state index contributed by atoms with van der Waals surface area (Å²) in [5.74, 6) is 0.0371. The van der Waals surface area contributed by atoms with Gasteiger partial charge in [-0.15, -0.1) is 12.4 Å². The van der Waals surface area contributed by atoms with Gasteiger partial charge in [0.15, 0.2) is 0 Å². The number of rotatable bonds is 3. The largest absolute Gasteiger partial charge is 0.339 e. The van der Waals surface area contributed by atoms with Crippen LogP contribution in [0, 0.1) is 0 Å². The van der Waals surface area contributed by atoms with Gasteiger partial charge >= 0.3 is 0 Å². The van der Waals surface area contributed by atoms with Crippen molar-refractivity contribution in [2.45, 2.75) is 25.9 Å². The molecular weight excluding hydrogens is 309 g/mol. The third-order valence-corrected chi connectivity index (χ3v) is 4.26. The van der Waals surface area contributed by atoms with Crippen molar-refractivity contribution in [3.63, 3.8) is 0 Å². The lowest BCUT2D eigenvalue weighted by atomic mass is 10.1. The molecule has 2 unspecified atom stereocenters. The van der Waals surface area contributed by atoms with Crippen molar-refractivity contribution in [3.8, 4) is 0 Å². The molecule has 0 bridgehead atoms. The summed E-state index contributed by atoms with van der Waals surface area (Å²) < 4.78 is 0. The van der Waals surface area contributed by atoms with E-state index in [1.54, 1.807) is 6.92 Å². The van der Waals surface area contributed by atoms with Crippen LogP contribution in [0.3, 0.4) is 0 Å². The SMILES string of the molecule is CC(N)C(=O)N1CCN(C(C)c2ccccc2Cl)CC1.Cl. The molecule has 118 valence electrons. The predicted octanol–water partition coefficient (Wildman–Crippen LogP) is 2.31. The van der Waals surface area contributed by atoms with Gasteiger partial charge in [0.05, 0.1) is 6.04 Å². The summed E-state index contributed by atoms with van der Waals surface area (Å²) in [6.07, 6.45) is 0. The third-order valence-electron chi connectivity index (χ3n) is 3.92. The highest BCUT2D eigenvalue weighted by Crippen LogP contribution is 2.27. The van der Waals surface area contributed by atoms with E-state index < -0.39 is 6.04 Å². The molecule has 2 N–H and O–H groups in total. The van der Waals surface area contributed by atoms with Gasteiger partial charge in [-0.05, 0) is 25.5 Å². The predicted molar refractivity (Wildman–Crippen MR) is 88.9 cm³/mol. The smallest absolute Gasteiger partial charge is 0.239 e. The molecule has 1 aromatic carbocycles. The molecule has 1 aliphatic heterocycles. The van der Waals surface area contributed by atoms with Crippen LogP contribution in [-0.2, 0) is 4.79 Å². The molecule has 4 nitrogen and oxygen atoms in total. The number of carbonyl (C=O) groups is 1. The molecule has 1 aliphatic rings. The molecule has 0 aliphatic carbocycles. The molecule has 1 amide bonds. The fraction of sp³-hybridized carbons (Fsp3) is 0.533.